The molecule has 0 saturated carbocycles. The smallest absolute Gasteiger partial charge is 0.244 e. The van der Waals surface area contributed by atoms with Crippen LogP contribution in [0.5, 0.6) is 5.75 Å². The number of nitrogens with zero attached hydrogens (tertiary/aromatic N) is 1. The van der Waals surface area contributed by atoms with Crippen molar-refractivity contribution in [3.05, 3.63) is 41.2 Å². The molecule has 1 aromatic carbocycles. The van der Waals surface area contributed by atoms with Crippen LogP contribution in [0.25, 0.3) is 0 Å². The first-order valence-corrected chi connectivity index (χ1v) is 11.6. The summed E-state index contributed by atoms with van der Waals surface area (Å²) in [5, 5.41) is 0.641. The van der Waals surface area contributed by atoms with E-state index in [4.69, 9.17) is 25.5 Å². The first kappa shape index (κ1) is 18.0. The molecule has 0 aromatic heterocycles. The quantitative estimate of drug-likeness (QED) is 0.425. The molecule has 0 bridgehead atoms. The summed E-state index contributed by atoms with van der Waals surface area (Å²) in [5.41, 5.74) is 0.823. The van der Waals surface area contributed by atoms with Crippen LogP contribution in [0.3, 0.4) is 0 Å². The van der Waals surface area contributed by atoms with Crippen LogP contribution in [0, 0.1) is 0 Å². The van der Waals surface area contributed by atoms with Crippen molar-refractivity contribution >= 4 is 26.1 Å². The topological polar surface area (TPSA) is 40.0 Å². The summed E-state index contributed by atoms with van der Waals surface area (Å²) in [6.07, 6.45) is 3.65. The maximum absolute atomic E-state index is 6.10. The van der Waals surface area contributed by atoms with Crippen molar-refractivity contribution < 1.29 is 13.9 Å². The van der Waals surface area contributed by atoms with Gasteiger partial charge in [0.15, 0.2) is 5.88 Å². The lowest BCUT2D eigenvalue weighted by Crippen LogP contribution is -2.26. The van der Waals surface area contributed by atoms with Gasteiger partial charge in [0, 0.05) is 29.6 Å². The van der Waals surface area contributed by atoms with Crippen molar-refractivity contribution in [2.75, 3.05) is 13.2 Å². The summed E-state index contributed by atoms with van der Waals surface area (Å²) in [6.45, 7) is 11.6. The fraction of sp³-hybridized carbons (Fsp3) is 0.471. The van der Waals surface area contributed by atoms with Crippen molar-refractivity contribution in [2.24, 2.45) is 4.99 Å². The summed E-state index contributed by atoms with van der Waals surface area (Å²) >= 11 is 6.10. The molecule has 0 N–H and O–H groups in total. The van der Waals surface area contributed by atoms with Gasteiger partial charge < -0.3 is 13.9 Å². The normalized spacial score (nSPS) is 16.5. The third kappa shape index (κ3) is 6.37. The van der Waals surface area contributed by atoms with Crippen LogP contribution in [0.15, 0.2) is 35.7 Å². The minimum absolute atomic E-state index is 0.165. The van der Waals surface area contributed by atoms with Gasteiger partial charge >= 0.3 is 0 Å². The lowest BCUT2D eigenvalue weighted by molar-refractivity contribution is 0.0255. The zero-order valence-electron chi connectivity index (χ0n) is 14.0. The van der Waals surface area contributed by atoms with Crippen molar-refractivity contribution in [3.63, 3.8) is 0 Å². The van der Waals surface area contributed by atoms with Crippen molar-refractivity contribution in [1.82, 2.24) is 0 Å². The minimum atomic E-state index is -1.70. The lowest BCUT2D eigenvalue weighted by atomic mass is 10.1. The predicted octanol–water partition coefficient (Wildman–Crippen LogP) is 4.64. The molecule has 0 amide bonds. The SMILES string of the molecule is C=C(/N=C/c1cc(Cl)ccc1OC1CCOCC1)O[Si](C)(C)C. The highest BCUT2D eigenvalue weighted by Crippen LogP contribution is 2.25. The van der Waals surface area contributed by atoms with Gasteiger partial charge in [-0.25, -0.2) is 4.99 Å². The highest BCUT2D eigenvalue weighted by molar-refractivity contribution is 6.70. The van der Waals surface area contributed by atoms with Gasteiger partial charge in [-0.15, -0.1) is 0 Å². The molecule has 0 spiro atoms. The Morgan fingerprint density at radius 1 is 1.35 bits per heavy atom. The molecule has 1 aromatic rings. The monoisotopic (exact) mass is 353 g/mol. The summed E-state index contributed by atoms with van der Waals surface area (Å²) in [7, 11) is -1.70. The van der Waals surface area contributed by atoms with Gasteiger partial charge in [0.2, 0.25) is 8.32 Å². The van der Waals surface area contributed by atoms with Gasteiger partial charge in [0.25, 0.3) is 0 Å². The summed E-state index contributed by atoms with van der Waals surface area (Å²) < 4.78 is 17.2. The van der Waals surface area contributed by atoms with Gasteiger partial charge in [-0.2, -0.15) is 0 Å². The zero-order valence-corrected chi connectivity index (χ0v) is 15.7. The molecule has 2 rings (SSSR count). The molecule has 0 unspecified atom stereocenters. The molecule has 126 valence electrons. The van der Waals surface area contributed by atoms with Gasteiger partial charge in [-0.3, -0.25) is 0 Å². The van der Waals surface area contributed by atoms with Crippen LogP contribution in [-0.4, -0.2) is 33.8 Å². The van der Waals surface area contributed by atoms with E-state index in [2.05, 4.69) is 31.2 Å². The molecule has 1 aliphatic heterocycles. The van der Waals surface area contributed by atoms with E-state index in [9.17, 15) is 0 Å². The van der Waals surface area contributed by atoms with Gasteiger partial charge in [-0.1, -0.05) is 11.6 Å². The Hall–Kier alpha value is -1.30. The number of hydrogen-bond acceptors (Lipinski definition) is 4. The van der Waals surface area contributed by atoms with E-state index in [1.54, 1.807) is 6.21 Å². The highest BCUT2D eigenvalue weighted by atomic mass is 35.5. The second-order valence-corrected chi connectivity index (χ2v) is 11.3. The highest BCUT2D eigenvalue weighted by Gasteiger charge is 2.18. The molecule has 1 fully saturated rings. The second-order valence-electron chi connectivity index (χ2n) is 6.48. The fourth-order valence-corrected chi connectivity index (χ4v) is 3.16. The minimum Gasteiger partial charge on any atom is -0.532 e. The summed E-state index contributed by atoms with van der Waals surface area (Å²) in [5.74, 6) is 1.19. The van der Waals surface area contributed by atoms with E-state index < -0.39 is 8.32 Å². The average molecular weight is 354 g/mol. The van der Waals surface area contributed by atoms with E-state index in [1.165, 1.54) is 0 Å². The van der Waals surface area contributed by atoms with Crippen LogP contribution in [0.4, 0.5) is 0 Å². The fourth-order valence-electron chi connectivity index (χ4n) is 2.22. The van der Waals surface area contributed by atoms with Crippen LogP contribution < -0.4 is 4.74 Å². The number of ether oxygens (including phenoxy) is 2. The van der Waals surface area contributed by atoms with E-state index in [-0.39, 0.29) is 6.10 Å². The van der Waals surface area contributed by atoms with Crippen molar-refractivity contribution in [1.29, 1.82) is 0 Å². The Kier molecular flexibility index (Phi) is 6.27. The van der Waals surface area contributed by atoms with Crippen LogP contribution in [0.2, 0.25) is 24.7 Å². The zero-order chi connectivity index (χ0) is 16.9. The number of hydrogen-bond donors (Lipinski definition) is 0. The number of benzene rings is 1. The molecule has 23 heavy (non-hydrogen) atoms. The van der Waals surface area contributed by atoms with E-state index >= 15 is 0 Å². The lowest BCUT2D eigenvalue weighted by Gasteiger charge is -2.24. The summed E-state index contributed by atoms with van der Waals surface area (Å²) in [4.78, 5) is 4.30. The molecule has 0 aliphatic carbocycles. The van der Waals surface area contributed by atoms with E-state index in [1.807, 2.05) is 18.2 Å². The molecule has 0 radical (unpaired) electrons. The van der Waals surface area contributed by atoms with Crippen LogP contribution in [0.1, 0.15) is 18.4 Å². The molecule has 1 aliphatic rings. The number of halogens is 1. The largest absolute Gasteiger partial charge is 0.532 e. The third-order valence-corrected chi connectivity index (χ3v) is 4.29. The Labute approximate surface area is 144 Å². The Morgan fingerprint density at radius 2 is 2.04 bits per heavy atom. The van der Waals surface area contributed by atoms with E-state index in [0.717, 1.165) is 37.4 Å². The van der Waals surface area contributed by atoms with Crippen molar-refractivity contribution in [3.8, 4) is 5.75 Å². The number of aliphatic imine (C=N–C) groups is 1. The Morgan fingerprint density at radius 3 is 2.70 bits per heavy atom. The molecular weight excluding hydrogens is 330 g/mol. The van der Waals surface area contributed by atoms with Gasteiger partial charge in [0.1, 0.15) is 11.9 Å². The van der Waals surface area contributed by atoms with Crippen LogP contribution >= 0.6 is 11.6 Å². The Bertz CT molecular complexity index is 578. The average Bonchev–Trinajstić information content (AvgIpc) is 2.47. The first-order chi connectivity index (χ1) is 10.8. The Balaban J connectivity index is 2.10. The predicted molar refractivity (Wildman–Crippen MR) is 97.1 cm³/mol. The molecular formula is C17H24ClNO3Si. The van der Waals surface area contributed by atoms with E-state index in [0.29, 0.717) is 10.9 Å². The molecule has 6 heteroatoms. The molecule has 1 heterocycles. The van der Waals surface area contributed by atoms with Gasteiger partial charge in [-0.05, 0) is 44.4 Å². The standard InChI is InChI=1S/C17H24ClNO3Si/c1-13(22-23(2,3)4)19-12-14-11-15(18)5-6-17(14)21-16-7-9-20-10-8-16/h5-6,11-12,16H,1,7-10H2,2-4H3/b19-12+. The number of rotatable bonds is 6. The van der Waals surface area contributed by atoms with Crippen LogP contribution in [-0.2, 0) is 9.16 Å². The third-order valence-electron chi connectivity index (χ3n) is 3.21. The molecule has 1 saturated heterocycles. The second kappa shape index (κ2) is 7.99. The molecule has 4 nitrogen and oxygen atoms in total. The van der Waals surface area contributed by atoms with Crippen molar-refractivity contribution in [2.45, 2.75) is 38.6 Å². The first-order valence-electron chi connectivity index (χ1n) is 7.79. The van der Waals surface area contributed by atoms with Gasteiger partial charge in [0.05, 0.1) is 13.2 Å². The maximum atomic E-state index is 6.10. The maximum Gasteiger partial charge on any atom is 0.244 e. The molecule has 0 atom stereocenters. The summed E-state index contributed by atoms with van der Waals surface area (Å²) in [6, 6.07) is 5.53.